The molecule has 0 bridgehead atoms. The Morgan fingerprint density at radius 1 is 0.893 bits per heavy atom. The van der Waals surface area contributed by atoms with Crippen LogP contribution in [0.25, 0.3) is 0 Å². The lowest BCUT2D eigenvalue weighted by molar-refractivity contribution is -0.122. The van der Waals surface area contributed by atoms with Crippen LogP contribution in [0.1, 0.15) is 30.4 Å². The van der Waals surface area contributed by atoms with Gasteiger partial charge in [0.05, 0.1) is 11.1 Å². The van der Waals surface area contributed by atoms with Crippen molar-refractivity contribution in [3.63, 3.8) is 0 Å². The molecule has 4 heteroatoms. The van der Waals surface area contributed by atoms with Gasteiger partial charge in [0.2, 0.25) is 5.91 Å². The number of aliphatic hydroxyl groups is 1. The zero-order valence-electron chi connectivity index (χ0n) is 15.8. The number of carbonyl (C=O) groups is 1. The lowest BCUT2D eigenvalue weighted by atomic mass is 9.73. The minimum absolute atomic E-state index is 0.106. The van der Waals surface area contributed by atoms with Crippen LogP contribution in [-0.2, 0) is 16.6 Å². The first-order valence-corrected chi connectivity index (χ1v) is 9.75. The molecule has 0 radical (unpaired) electrons. The molecule has 0 fully saturated rings. The van der Waals surface area contributed by atoms with Crippen molar-refractivity contribution in [2.45, 2.75) is 31.1 Å². The number of hydrogen-bond donors (Lipinski definition) is 1. The highest BCUT2D eigenvalue weighted by atomic mass is 16.2. The zero-order valence-corrected chi connectivity index (χ0v) is 15.8. The Bertz CT molecular complexity index is 943. The van der Waals surface area contributed by atoms with Crippen LogP contribution in [0.3, 0.4) is 0 Å². The van der Waals surface area contributed by atoms with Gasteiger partial charge in [0.1, 0.15) is 0 Å². The van der Waals surface area contributed by atoms with Crippen LogP contribution in [0, 0.1) is 0 Å². The molecule has 2 heterocycles. The number of benzene rings is 2. The van der Waals surface area contributed by atoms with Crippen molar-refractivity contribution in [1.29, 1.82) is 0 Å². The Morgan fingerprint density at radius 3 is 2.36 bits per heavy atom. The van der Waals surface area contributed by atoms with Crippen LogP contribution < -0.4 is 4.90 Å². The molecule has 0 saturated carbocycles. The Hall–Kier alpha value is -2.98. The first-order chi connectivity index (χ1) is 13.8. The maximum atomic E-state index is 13.9. The van der Waals surface area contributed by atoms with Gasteiger partial charge in [0.15, 0.2) is 0 Å². The van der Waals surface area contributed by atoms with E-state index < -0.39 is 5.41 Å². The molecule has 28 heavy (non-hydrogen) atoms. The first-order valence-electron chi connectivity index (χ1n) is 9.75. The molecule has 1 unspecified atom stereocenters. The number of unbranched alkanes of at least 4 members (excludes halogenated alkanes) is 1. The third-order valence-electron chi connectivity index (χ3n) is 5.55. The van der Waals surface area contributed by atoms with Crippen LogP contribution >= 0.6 is 0 Å². The highest BCUT2D eigenvalue weighted by Crippen LogP contribution is 2.49. The van der Waals surface area contributed by atoms with E-state index in [2.05, 4.69) is 11.1 Å². The summed E-state index contributed by atoms with van der Waals surface area (Å²) in [5, 5.41) is 9.30. The van der Waals surface area contributed by atoms with Crippen molar-refractivity contribution in [2.75, 3.05) is 11.5 Å². The van der Waals surface area contributed by atoms with Crippen molar-refractivity contribution in [1.82, 2.24) is 4.98 Å². The van der Waals surface area contributed by atoms with Gasteiger partial charge in [0.25, 0.3) is 0 Å². The predicted octanol–water partition coefficient (Wildman–Crippen LogP) is 4.40. The fraction of sp³-hybridized carbons (Fsp3) is 0.250. The molecule has 1 aromatic heterocycles. The van der Waals surface area contributed by atoms with E-state index in [0.29, 0.717) is 19.3 Å². The summed E-state index contributed by atoms with van der Waals surface area (Å²) < 4.78 is 0. The number of nitrogens with zero attached hydrogens (tertiary/aromatic N) is 2. The number of carbonyl (C=O) groups excluding carboxylic acids is 1. The van der Waals surface area contributed by atoms with E-state index >= 15 is 0 Å². The van der Waals surface area contributed by atoms with Gasteiger partial charge in [-0.25, -0.2) is 0 Å². The van der Waals surface area contributed by atoms with Crippen LogP contribution in [0.15, 0.2) is 79.1 Å². The van der Waals surface area contributed by atoms with Gasteiger partial charge >= 0.3 is 0 Å². The molecule has 0 aliphatic carbocycles. The molecule has 1 N–H and O–H groups in total. The quantitative estimate of drug-likeness (QED) is 0.625. The lowest BCUT2D eigenvalue weighted by Crippen LogP contribution is -2.40. The van der Waals surface area contributed by atoms with Gasteiger partial charge < -0.3 is 5.11 Å². The average Bonchev–Trinajstić information content (AvgIpc) is 2.98. The third kappa shape index (κ3) is 3.20. The summed E-state index contributed by atoms with van der Waals surface area (Å²) in [6, 6.07) is 21.9. The van der Waals surface area contributed by atoms with Gasteiger partial charge in [-0.1, -0.05) is 36.4 Å². The van der Waals surface area contributed by atoms with Crippen LogP contribution in [-0.4, -0.2) is 22.6 Å². The summed E-state index contributed by atoms with van der Waals surface area (Å²) in [7, 11) is 0. The van der Waals surface area contributed by atoms with E-state index in [0.717, 1.165) is 28.9 Å². The summed E-state index contributed by atoms with van der Waals surface area (Å²) in [4.78, 5) is 19.9. The fourth-order valence-electron chi connectivity index (χ4n) is 4.23. The predicted molar refractivity (Wildman–Crippen MR) is 111 cm³/mol. The Labute approximate surface area is 165 Å². The largest absolute Gasteiger partial charge is 0.396 e. The molecule has 142 valence electrons. The summed E-state index contributed by atoms with van der Waals surface area (Å²) in [6.45, 7) is 0.142. The monoisotopic (exact) mass is 372 g/mol. The van der Waals surface area contributed by atoms with Crippen LogP contribution in [0.4, 0.5) is 11.4 Å². The maximum absolute atomic E-state index is 13.9. The van der Waals surface area contributed by atoms with Crippen molar-refractivity contribution in [3.8, 4) is 0 Å². The van der Waals surface area contributed by atoms with Gasteiger partial charge in [0, 0.05) is 24.7 Å². The van der Waals surface area contributed by atoms with Crippen LogP contribution in [0.2, 0.25) is 0 Å². The average molecular weight is 372 g/mol. The number of pyridine rings is 1. The number of aromatic nitrogens is 1. The Balaban J connectivity index is 1.83. The Morgan fingerprint density at radius 2 is 1.61 bits per heavy atom. The SMILES string of the molecule is O=C1N(c2ccccc2)c2ccccc2C1(CCCCO)Cc1ccncc1. The molecule has 1 aliphatic heterocycles. The number of para-hydroxylation sites is 2. The summed E-state index contributed by atoms with van der Waals surface area (Å²) in [5.74, 6) is 0.106. The number of rotatable bonds is 7. The molecule has 4 rings (SSSR count). The van der Waals surface area contributed by atoms with E-state index in [1.54, 1.807) is 12.4 Å². The van der Waals surface area contributed by atoms with Gasteiger partial charge in [-0.15, -0.1) is 0 Å². The normalized spacial score (nSPS) is 18.3. The minimum atomic E-state index is -0.636. The number of anilines is 2. The van der Waals surface area contributed by atoms with Crippen molar-refractivity contribution in [3.05, 3.63) is 90.3 Å². The van der Waals surface area contributed by atoms with Crippen molar-refractivity contribution in [2.24, 2.45) is 0 Å². The lowest BCUT2D eigenvalue weighted by Gasteiger charge is -2.29. The second kappa shape index (κ2) is 7.95. The highest BCUT2D eigenvalue weighted by Gasteiger charge is 2.50. The van der Waals surface area contributed by atoms with Gasteiger partial charge in [-0.05, 0) is 67.1 Å². The second-order valence-corrected chi connectivity index (χ2v) is 7.29. The topological polar surface area (TPSA) is 53.4 Å². The number of hydrogen-bond acceptors (Lipinski definition) is 3. The number of fused-ring (bicyclic) bond motifs is 1. The summed E-state index contributed by atoms with van der Waals surface area (Å²) in [5.41, 5.74) is 3.37. The van der Waals surface area contributed by atoms with Crippen LogP contribution in [0.5, 0.6) is 0 Å². The highest BCUT2D eigenvalue weighted by molar-refractivity contribution is 6.13. The van der Waals surface area contributed by atoms with E-state index in [9.17, 15) is 9.90 Å². The molecular formula is C24H24N2O2. The minimum Gasteiger partial charge on any atom is -0.396 e. The molecule has 4 nitrogen and oxygen atoms in total. The second-order valence-electron chi connectivity index (χ2n) is 7.29. The Kier molecular flexibility index (Phi) is 5.22. The third-order valence-corrected chi connectivity index (χ3v) is 5.55. The first kappa shape index (κ1) is 18.4. The van der Waals surface area contributed by atoms with E-state index in [1.807, 2.05) is 65.6 Å². The smallest absolute Gasteiger partial charge is 0.242 e. The number of aliphatic hydroxyl groups excluding tert-OH is 1. The zero-order chi connectivity index (χ0) is 19.4. The van der Waals surface area contributed by atoms with E-state index in [1.165, 1.54) is 0 Å². The maximum Gasteiger partial charge on any atom is 0.242 e. The molecule has 0 saturated heterocycles. The van der Waals surface area contributed by atoms with Crippen molar-refractivity contribution < 1.29 is 9.90 Å². The molecule has 0 spiro atoms. The molecule has 2 aromatic carbocycles. The standard InChI is InChI=1S/C24H24N2O2/c27-17-7-6-14-24(18-19-12-15-25-16-13-19)21-10-4-5-11-22(21)26(23(24)28)20-8-2-1-3-9-20/h1-5,8-13,15-16,27H,6-7,14,17-18H2. The van der Waals surface area contributed by atoms with Gasteiger partial charge in [-0.2, -0.15) is 0 Å². The molecule has 1 amide bonds. The molecular weight excluding hydrogens is 348 g/mol. The number of amides is 1. The summed E-state index contributed by atoms with van der Waals surface area (Å²) >= 11 is 0. The fourth-order valence-corrected chi connectivity index (χ4v) is 4.23. The summed E-state index contributed by atoms with van der Waals surface area (Å²) in [6.07, 6.45) is 6.37. The molecule has 1 atom stereocenters. The van der Waals surface area contributed by atoms with Crippen molar-refractivity contribution >= 4 is 17.3 Å². The van der Waals surface area contributed by atoms with E-state index in [-0.39, 0.29) is 12.5 Å². The van der Waals surface area contributed by atoms with E-state index in [4.69, 9.17) is 0 Å². The molecule has 3 aromatic rings. The van der Waals surface area contributed by atoms with Gasteiger partial charge in [-0.3, -0.25) is 14.7 Å². The molecule has 1 aliphatic rings.